The zero-order valence-corrected chi connectivity index (χ0v) is 15.8. The van der Waals surface area contributed by atoms with Crippen LogP contribution in [0.25, 0.3) is 0 Å². The molecule has 0 aromatic heterocycles. The molecule has 6 heteroatoms. The molecule has 1 heterocycles. The third-order valence-corrected chi connectivity index (χ3v) is 5.69. The van der Waals surface area contributed by atoms with Crippen molar-refractivity contribution in [2.45, 2.75) is 63.6 Å². The summed E-state index contributed by atoms with van der Waals surface area (Å²) in [6, 6.07) is 5.84. The lowest BCUT2D eigenvalue weighted by Crippen LogP contribution is -2.55. The maximum absolute atomic E-state index is 12.9. The number of benzene rings is 1. The molecule has 1 saturated heterocycles. The van der Waals surface area contributed by atoms with Gasteiger partial charge in [-0.1, -0.05) is 18.9 Å². The van der Waals surface area contributed by atoms with Gasteiger partial charge in [0.15, 0.2) is 11.5 Å². The number of nitrogens with zero attached hydrogens (tertiary/aromatic N) is 1. The largest absolute Gasteiger partial charge is 0.493 e. The van der Waals surface area contributed by atoms with E-state index >= 15 is 0 Å². The number of methoxy groups -OCH3 is 2. The van der Waals surface area contributed by atoms with E-state index in [1.54, 1.807) is 19.1 Å². The molecule has 1 saturated carbocycles. The Hall–Kier alpha value is -2.24. The Bertz CT molecular complexity index is 684. The molecule has 142 valence electrons. The summed E-state index contributed by atoms with van der Waals surface area (Å²) in [5, 5.41) is 3.16. The number of carbonyl (C=O) groups excluding carboxylic acids is 2. The second kappa shape index (κ2) is 7.56. The zero-order chi connectivity index (χ0) is 18.7. The molecule has 2 amide bonds. The first-order valence-corrected chi connectivity index (χ1v) is 9.30. The monoisotopic (exact) mass is 360 g/mol. The first kappa shape index (κ1) is 18.5. The second-order valence-electron chi connectivity index (χ2n) is 7.40. The molecule has 1 aliphatic carbocycles. The molecule has 2 aliphatic rings. The van der Waals surface area contributed by atoms with Gasteiger partial charge in [0.25, 0.3) is 0 Å². The van der Waals surface area contributed by atoms with E-state index in [4.69, 9.17) is 9.47 Å². The number of hydrogen-bond donors (Lipinski definition) is 1. The zero-order valence-electron chi connectivity index (χ0n) is 15.8. The summed E-state index contributed by atoms with van der Waals surface area (Å²) < 4.78 is 10.6. The first-order chi connectivity index (χ1) is 12.5. The molecule has 1 aromatic carbocycles. The minimum Gasteiger partial charge on any atom is -0.493 e. The van der Waals surface area contributed by atoms with Crippen LogP contribution in [0.1, 0.15) is 51.0 Å². The lowest BCUT2D eigenvalue weighted by Gasteiger charge is -2.35. The normalized spacial score (nSPS) is 23.3. The summed E-state index contributed by atoms with van der Waals surface area (Å²) in [6.07, 6.45) is 5.35. The molecular weight excluding hydrogens is 332 g/mol. The summed E-state index contributed by atoms with van der Waals surface area (Å²) in [5.74, 6) is 1.25. The Morgan fingerprint density at radius 1 is 1.23 bits per heavy atom. The number of ether oxygens (including phenoxy) is 2. The van der Waals surface area contributed by atoms with Crippen LogP contribution in [0.4, 0.5) is 0 Å². The fourth-order valence-corrected chi connectivity index (χ4v) is 3.97. The van der Waals surface area contributed by atoms with Crippen LogP contribution in [0.2, 0.25) is 0 Å². The topological polar surface area (TPSA) is 67.9 Å². The van der Waals surface area contributed by atoms with Crippen molar-refractivity contribution in [2.75, 3.05) is 14.2 Å². The van der Waals surface area contributed by atoms with Crippen LogP contribution >= 0.6 is 0 Å². The van der Waals surface area contributed by atoms with Gasteiger partial charge in [0, 0.05) is 19.0 Å². The molecule has 2 fully saturated rings. The fraction of sp³-hybridized carbons (Fsp3) is 0.600. The third-order valence-electron chi connectivity index (χ3n) is 5.69. The van der Waals surface area contributed by atoms with E-state index in [2.05, 4.69) is 5.32 Å². The van der Waals surface area contributed by atoms with E-state index in [0.29, 0.717) is 30.9 Å². The van der Waals surface area contributed by atoms with Crippen molar-refractivity contribution >= 4 is 11.8 Å². The Morgan fingerprint density at radius 2 is 1.92 bits per heavy atom. The predicted octanol–water partition coefficient (Wildman–Crippen LogP) is 2.64. The summed E-state index contributed by atoms with van der Waals surface area (Å²) >= 11 is 0. The highest BCUT2D eigenvalue weighted by molar-refractivity contribution is 5.94. The van der Waals surface area contributed by atoms with Gasteiger partial charge in [0.2, 0.25) is 11.8 Å². The van der Waals surface area contributed by atoms with Crippen LogP contribution < -0.4 is 14.8 Å². The van der Waals surface area contributed by atoms with Crippen molar-refractivity contribution in [1.82, 2.24) is 10.2 Å². The van der Waals surface area contributed by atoms with E-state index in [1.165, 1.54) is 0 Å². The van der Waals surface area contributed by atoms with Crippen LogP contribution in [0.3, 0.4) is 0 Å². The predicted molar refractivity (Wildman–Crippen MR) is 98.1 cm³/mol. The molecular formula is C20H28N2O4. The molecule has 0 spiro atoms. The fourth-order valence-electron chi connectivity index (χ4n) is 3.97. The number of carbonyl (C=O) groups is 2. The van der Waals surface area contributed by atoms with Crippen molar-refractivity contribution in [1.29, 1.82) is 0 Å². The molecule has 6 nitrogen and oxygen atoms in total. The molecule has 0 radical (unpaired) electrons. The quantitative estimate of drug-likeness (QED) is 0.847. The van der Waals surface area contributed by atoms with Crippen molar-refractivity contribution < 1.29 is 19.1 Å². The van der Waals surface area contributed by atoms with Crippen LogP contribution in [-0.2, 0) is 16.1 Å². The average molecular weight is 360 g/mol. The number of amides is 2. The van der Waals surface area contributed by atoms with Crippen LogP contribution in [0.15, 0.2) is 18.2 Å². The standard InChI is InChI=1S/C20H28N2O4/c1-20(19(24)21-15-6-4-5-7-15)11-10-18(23)22(20)13-14-8-9-16(25-2)17(12-14)26-3/h8-9,12,15H,4-7,10-11,13H2,1-3H3,(H,21,24). The van der Waals surface area contributed by atoms with E-state index in [0.717, 1.165) is 31.2 Å². The van der Waals surface area contributed by atoms with E-state index in [-0.39, 0.29) is 17.9 Å². The second-order valence-corrected chi connectivity index (χ2v) is 7.40. The van der Waals surface area contributed by atoms with E-state index in [9.17, 15) is 9.59 Å². The molecule has 26 heavy (non-hydrogen) atoms. The van der Waals surface area contributed by atoms with Crippen molar-refractivity contribution in [3.63, 3.8) is 0 Å². The minimum absolute atomic E-state index is 0.0175. The van der Waals surface area contributed by atoms with Crippen LogP contribution in [0, 0.1) is 0 Å². The molecule has 1 N–H and O–H groups in total. The Morgan fingerprint density at radius 3 is 2.58 bits per heavy atom. The van der Waals surface area contributed by atoms with E-state index < -0.39 is 5.54 Å². The maximum Gasteiger partial charge on any atom is 0.245 e. The summed E-state index contributed by atoms with van der Waals surface area (Å²) in [6.45, 7) is 2.26. The lowest BCUT2D eigenvalue weighted by molar-refractivity contribution is -0.141. The van der Waals surface area contributed by atoms with Crippen molar-refractivity contribution in [3.8, 4) is 11.5 Å². The molecule has 1 atom stereocenters. The third kappa shape index (κ3) is 3.50. The summed E-state index contributed by atoms with van der Waals surface area (Å²) in [5.41, 5.74) is 0.116. The highest BCUT2D eigenvalue weighted by atomic mass is 16.5. The summed E-state index contributed by atoms with van der Waals surface area (Å²) in [7, 11) is 3.17. The maximum atomic E-state index is 12.9. The number of rotatable bonds is 6. The highest BCUT2D eigenvalue weighted by Gasteiger charge is 2.47. The van der Waals surface area contributed by atoms with Gasteiger partial charge in [0.05, 0.1) is 14.2 Å². The molecule has 3 rings (SSSR count). The van der Waals surface area contributed by atoms with Gasteiger partial charge in [-0.3, -0.25) is 9.59 Å². The Balaban J connectivity index is 1.77. The Kier molecular flexibility index (Phi) is 5.39. The van der Waals surface area contributed by atoms with Gasteiger partial charge in [-0.2, -0.15) is 0 Å². The van der Waals surface area contributed by atoms with Gasteiger partial charge in [-0.25, -0.2) is 0 Å². The van der Waals surface area contributed by atoms with Gasteiger partial charge >= 0.3 is 0 Å². The van der Waals surface area contributed by atoms with E-state index in [1.807, 2.05) is 25.1 Å². The number of likely N-dealkylation sites (tertiary alicyclic amines) is 1. The van der Waals surface area contributed by atoms with Crippen molar-refractivity contribution in [3.05, 3.63) is 23.8 Å². The molecule has 1 aromatic rings. The number of nitrogens with one attached hydrogen (secondary N) is 1. The lowest BCUT2D eigenvalue weighted by atomic mass is 9.96. The minimum atomic E-state index is -0.799. The SMILES string of the molecule is COc1ccc(CN2C(=O)CCC2(C)C(=O)NC2CCCC2)cc1OC. The Labute approximate surface area is 154 Å². The van der Waals surface area contributed by atoms with Gasteiger partial charge in [-0.15, -0.1) is 0 Å². The smallest absolute Gasteiger partial charge is 0.245 e. The molecule has 0 bridgehead atoms. The molecule has 1 aliphatic heterocycles. The van der Waals surface area contributed by atoms with Crippen LogP contribution in [-0.4, -0.2) is 42.5 Å². The molecule has 1 unspecified atom stereocenters. The van der Waals surface area contributed by atoms with Gasteiger partial charge < -0.3 is 19.7 Å². The summed E-state index contributed by atoms with van der Waals surface area (Å²) in [4.78, 5) is 27.2. The highest BCUT2D eigenvalue weighted by Crippen LogP contribution is 2.34. The number of hydrogen-bond acceptors (Lipinski definition) is 4. The van der Waals surface area contributed by atoms with Crippen LogP contribution in [0.5, 0.6) is 11.5 Å². The first-order valence-electron chi connectivity index (χ1n) is 9.30. The van der Waals surface area contributed by atoms with Gasteiger partial charge in [0.1, 0.15) is 5.54 Å². The van der Waals surface area contributed by atoms with Crippen molar-refractivity contribution in [2.24, 2.45) is 0 Å². The van der Waals surface area contributed by atoms with Gasteiger partial charge in [-0.05, 0) is 43.9 Å². The average Bonchev–Trinajstić information content (AvgIpc) is 3.25.